The van der Waals surface area contributed by atoms with E-state index >= 15 is 0 Å². The first-order valence-corrected chi connectivity index (χ1v) is 5.76. The van der Waals surface area contributed by atoms with Gasteiger partial charge in [-0.15, -0.1) is 0 Å². The lowest BCUT2D eigenvalue weighted by atomic mass is 10.1. The van der Waals surface area contributed by atoms with Gasteiger partial charge in [0.2, 0.25) is 0 Å². The number of hydrogen-bond acceptors (Lipinski definition) is 2. The monoisotopic (exact) mass is 263 g/mol. The molecule has 2 aromatic rings. The maximum atomic E-state index is 13.0. The zero-order chi connectivity index (χ0) is 13.1. The van der Waals surface area contributed by atoms with E-state index in [1.165, 1.54) is 12.1 Å². The van der Waals surface area contributed by atoms with Crippen molar-refractivity contribution in [2.24, 2.45) is 0 Å². The van der Waals surface area contributed by atoms with Gasteiger partial charge in [-0.25, -0.2) is 4.39 Å². The Morgan fingerprint density at radius 1 is 1.22 bits per heavy atom. The van der Waals surface area contributed by atoms with Gasteiger partial charge < -0.3 is 5.32 Å². The smallest absolute Gasteiger partial charge is 0.151 e. The summed E-state index contributed by atoms with van der Waals surface area (Å²) in [5.41, 5.74) is 2.79. The Bertz CT molecular complexity index is 598. The molecule has 0 saturated heterocycles. The third kappa shape index (κ3) is 2.68. The zero-order valence-corrected chi connectivity index (χ0v) is 10.5. The number of halogens is 2. The molecule has 0 aliphatic heterocycles. The van der Waals surface area contributed by atoms with Crippen molar-refractivity contribution in [2.75, 3.05) is 5.32 Å². The largest absolute Gasteiger partial charge is 0.355 e. The van der Waals surface area contributed by atoms with E-state index in [0.29, 0.717) is 16.9 Å². The van der Waals surface area contributed by atoms with E-state index in [1.54, 1.807) is 24.3 Å². The van der Waals surface area contributed by atoms with Crippen LogP contribution in [0.1, 0.15) is 15.9 Å². The molecule has 2 aromatic carbocycles. The van der Waals surface area contributed by atoms with Crippen molar-refractivity contribution in [3.63, 3.8) is 0 Å². The molecule has 0 fully saturated rings. The minimum absolute atomic E-state index is 0.271. The highest BCUT2D eigenvalue weighted by Gasteiger charge is 2.03. The summed E-state index contributed by atoms with van der Waals surface area (Å²) >= 11 is 5.93. The summed E-state index contributed by atoms with van der Waals surface area (Å²) in [6, 6.07) is 9.54. The van der Waals surface area contributed by atoms with Gasteiger partial charge in [0, 0.05) is 16.9 Å². The van der Waals surface area contributed by atoms with E-state index in [2.05, 4.69) is 5.32 Å². The van der Waals surface area contributed by atoms with Crippen LogP contribution < -0.4 is 5.32 Å². The fourth-order valence-electron chi connectivity index (χ4n) is 1.62. The first-order valence-electron chi connectivity index (χ1n) is 5.38. The third-order valence-electron chi connectivity index (χ3n) is 2.59. The summed E-state index contributed by atoms with van der Waals surface area (Å²) in [4.78, 5) is 10.6. The summed E-state index contributed by atoms with van der Waals surface area (Å²) in [5.74, 6) is -0.271. The highest BCUT2D eigenvalue weighted by molar-refractivity contribution is 6.33. The van der Waals surface area contributed by atoms with Gasteiger partial charge in [0.05, 0.1) is 5.02 Å². The molecule has 92 valence electrons. The Labute approximate surface area is 109 Å². The Morgan fingerprint density at radius 3 is 2.61 bits per heavy atom. The number of carbonyl (C=O) groups excluding carboxylic acids is 1. The average molecular weight is 264 g/mol. The third-order valence-corrected chi connectivity index (χ3v) is 2.92. The number of rotatable bonds is 3. The summed E-state index contributed by atoms with van der Waals surface area (Å²) < 4.78 is 13.0. The molecular weight excluding hydrogens is 253 g/mol. The van der Waals surface area contributed by atoms with Crippen molar-refractivity contribution >= 4 is 29.3 Å². The molecule has 0 spiro atoms. The van der Waals surface area contributed by atoms with Crippen molar-refractivity contribution in [3.8, 4) is 0 Å². The second-order valence-electron chi connectivity index (χ2n) is 3.94. The summed E-state index contributed by atoms with van der Waals surface area (Å²) in [6.45, 7) is 1.81. The lowest BCUT2D eigenvalue weighted by Gasteiger charge is -2.10. The number of nitrogens with one attached hydrogen (secondary N) is 1. The molecule has 0 amide bonds. The topological polar surface area (TPSA) is 29.1 Å². The summed E-state index contributed by atoms with van der Waals surface area (Å²) in [6.07, 6.45) is 0.704. The molecule has 0 unspecified atom stereocenters. The number of benzene rings is 2. The molecule has 0 saturated carbocycles. The van der Waals surface area contributed by atoms with E-state index in [0.717, 1.165) is 16.9 Å². The van der Waals surface area contributed by atoms with E-state index < -0.39 is 0 Å². The zero-order valence-electron chi connectivity index (χ0n) is 9.71. The highest BCUT2D eigenvalue weighted by atomic mass is 35.5. The van der Waals surface area contributed by atoms with Gasteiger partial charge in [-0.2, -0.15) is 0 Å². The summed E-state index contributed by atoms with van der Waals surface area (Å²) in [5, 5.41) is 3.51. The van der Waals surface area contributed by atoms with E-state index in [9.17, 15) is 9.18 Å². The van der Waals surface area contributed by atoms with Gasteiger partial charge in [-0.05, 0) is 48.9 Å². The van der Waals surface area contributed by atoms with Crippen LogP contribution in [0.4, 0.5) is 15.8 Å². The molecule has 0 bridgehead atoms. The van der Waals surface area contributed by atoms with Gasteiger partial charge in [0.15, 0.2) is 6.29 Å². The Balaban J connectivity index is 2.28. The second-order valence-corrected chi connectivity index (χ2v) is 4.35. The number of carbonyl (C=O) groups is 1. The molecule has 2 nitrogen and oxygen atoms in total. The molecule has 0 aromatic heterocycles. The van der Waals surface area contributed by atoms with Crippen LogP contribution >= 0.6 is 11.6 Å². The van der Waals surface area contributed by atoms with Crippen LogP contribution in [0.5, 0.6) is 0 Å². The van der Waals surface area contributed by atoms with Crippen molar-refractivity contribution in [2.45, 2.75) is 6.92 Å². The molecular formula is C14H11ClFNO. The quantitative estimate of drug-likeness (QED) is 0.835. The van der Waals surface area contributed by atoms with Crippen LogP contribution in [0.3, 0.4) is 0 Å². The van der Waals surface area contributed by atoms with Gasteiger partial charge in [0.25, 0.3) is 0 Å². The van der Waals surface area contributed by atoms with Crippen LogP contribution in [0.2, 0.25) is 5.02 Å². The van der Waals surface area contributed by atoms with E-state index in [1.807, 2.05) is 6.92 Å². The molecule has 0 radical (unpaired) electrons. The van der Waals surface area contributed by atoms with Crippen LogP contribution in [0.25, 0.3) is 0 Å². The standard InChI is InChI=1S/C14H11ClFNO/c1-9-6-11(16)3-5-14(9)17-12-4-2-10(8-18)13(15)7-12/h2-8,17H,1H3. The lowest BCUT2D eigenvalue weighted by molar-refractivity contribution is 0.112. The molecule has 0 atom stereocenters. The minimum Gasteiger partial charge on any atom is -0.355 e. The lowest BCUT2D eigenvalue weighted by Crippen LogP contribution is -1.94. The second kappa shape index (κ2) is 5.19. The fourth-order valence-corrected chi connectivity index (χ4v) is 1.85. The Morgan fingerprint density at radius 2 is 2.00 bits per heavy atom. The fraction of sp³-hybridized carbons (Fsp3) is 0.0714. The number of hydrogen-bond donors (Lipinski definition) is 1. The maximum absolute atomic E-state index is 13.0. The number of aryl methyl sites for hydroxylation is 1. The van der Waals surface area contributed by atoms with Crippen LogP contribution in [-0.4, -0.2) is 6.29 Å². The number of anilines is 2. The van der Waals surface area contributed by atoms with Gasteiger partial charge >= 0.3 is 0 Å². The van der Waals surface area contributed by atoms with Crippen molar-refractivity contribution in [3.05, 3.63) is 58.4 Å². The van der Waals surface area contributed by atoms with Crippen LogP contribution in [0.15, 0.2) is 36.4 Å². The molecule has 0 heterocycles. The molecule has 0 aliphatic carbocycles. The first kappa shape index (κ1) is 12.6. The minimum atomic E-state index is -0.271. The predicted octanol–water partition coefficient (Wildman–Crippen LogP) is 4.34. The summed E-state index contributed by atoms with van der Waals surface area (Å²) in [7, 11) is 0. The Kier molecular flexibility index (Phi) is 3.63. The molecule has 1 N–H and O–H groups in total. The van der Waals surface area contributed by atoms with Gasteiger partial charge in [-0.3, -0.25) is 4.79 Å². The molecule has 0 aliphatic rings. The van der Waals surface area contributed by atoms with Crippen LogP contribution in [-0.2, 0) is 0 Å². The Hall–Kier alpha value is -1.87. The van der Waals surface area contributed by atoms with Crippen molar-refractivity contribution < 1.29 is 9.18 Å². The highest BCUT2D eigenvalue weighted by Crippen LogP contribution is 2.25. The van der Waals surface area contributed by atoms with E-state index in [-0.39, 0.29) is 5.82 Å². The normalized spacial score (nSPS) is 10.2. The number of aldehydes is 1. The molecule has 4 heteroatoms. The van der Waals surface area contributed by atoms with Gasteiger partial charge in [-0.1, -0.05) is 11.6 Å². The van der Waals surface area contributed by atoms with Crippen LogP contribution in [0, 0.1) is 12.7 Å². The van der Waals surface area contributed by atoms with Gasteiger partial charge in [0.1, 0.15) is 5.82 Å². The SMILES string of the molecule is Cc1cc(F)ccc1Nc1ccc(C=O)c(Cl)c1. The maximum Gasteiger partial charge on any atom is 0.151 e. The average Bonchev–Trinajstić information content (AvgIpc) is 2.33. The molecule has 18 heavy (non-hydrogen) atoms. The van der Waals surface area contributed by atoms with Crippen molar-refractivity contribution in [1.82, 2.24) is 0 Å². The van der Waals surface area contributed by atoms with E-state index in [4.69, 9.17) is 11.6 Å². The first-order chi connectivity index (χ1) is 8.60. The predicted molar refractivity (Wildman–Crippen MR) is 71.3 cm³/mol. The molecule has 2 rings (SSSR count). The van der Waals surface area contributed by atoms with Crippen molar-refractivity contribution in [1.29, 1.82) is 0 Å².